The molecule has 0 amide bonds. The third-order valence-corrected chi connectivity index (χ3v) is 6.31. The molecule has 5 rings (SSSR count). The molecule has 162 valence electrons. The first-order chi connectivity index (χ1) is 15.1. The number of pyridine rings is 1. The summed E-state index contributed by atoms with van der Waals surface area (Å²) in [5.41, 5.74) is 2.96. The summed E-state index contributed by atoms with van der Waals surface area (Å²) in [6.07, 6.45) is 4.15. The molecule has 0 bridgehead atoms. The number of halogens is 2. The summed E-state index contributed by atoms with van der Waals surface area (Å²) < 4.78 is 19.1. The normalized spacial score (nSPS) is 24.1. The minimum absolute atomic E-state index is 0.0450. The zero-order valence-corrected chi connectivity index (χ0v) is 17.6. The number of oxime groups is 1. The molecule has 7 nitrogen and oxygen atoms in total. The Labute approximate surface area is 184 Å². The molecule has 1 aromatic heterocycles. The molecule has 2 fully saturated rings. The van der Waals surface area contributed by atoms with Crippen molar-refractivity contribution in [1.82, 2.24) is 9.88 Å². The Bertz CT molecular complexity index is 1060. The predicted octanol–water partition coefficient (Wildman–Crippen LogP) is 3.13. The van der Waals surface area contributed by atoms with Crippen molar-refractivity contribution in [3.05, 3.63) is 58.0 Å². The highest BCUT2D eigenvalue weighted by atomic mass is 35.5. The molecular formula is C22H23ClFN5O2. The Morgan fingerprint density at radius 1 is 1.39 bits per heavy atom. The lowest BCUT2D eigenvalue weighted by atomic mass is 9.98. The Balaban J connectivity index is 1.27. The van der Waals surface area contributed by atoms with Crippen molar-refractivity contribution in [3.8, 4) is 0 Å². The molecule has 2 N–H and O–H groups in total. The fourth-order valence-corrected chi connectivity index (χ4v) is 4.52. The molecule has 2 unspecified atom stereocenters. The van der Waals surface area contributed by atoms with Crippen LogP contribution in [0.25, 0.3) is 0 Å². The summed E-state index contributed by atoms with van der Waals surface area (Å²) in [5, 5.41) is 16.5. The fourth-order valence-electron chi connectivity index (χ4n) is 4.32. The van der Waals surface area contributed by atoms with Crippen LogP contribution in [0.5, 0.6) is 0 Å². The first-order valence-electron chi connectivity index (χ1n) is 10.4. The van der Waals surface area contributed by atoms with Gasteiger partial charge in [-0.3, -0.25) is 9.89 Å². The van der Waals surface area contributed by atoms with E-state index in [1.54, 1.807) is 18.3 Å². The second kappa shape index (κ2) is 8.53. The smallest absolute Gasteiger partial charge is 0.141 e. The third kappa shape index (κ3) is 4.28. The van der Waals surface area contributed by atoms with E-state index in [0.717, 1.165) is 54.5 Å². The number of nitrogens with one attached hydrogen (secondary N) is 1. The van der Waals surface area contributed by atoms with Crippen molar-refractivity contribution >= 4 is 29.0 Å². The molecule has 1 saturated heterocycles. The second-order valence-electron chi connectivity index (χ2n) is 8.04. The molecule has 9 heteroatoms. The van der Waals surface area contributed by atoms with Crippen molar-refractivity contribution < 1.29 is 14.3 Å². The zero-order chi connectivity index (χ0) is 21.4. The Hall–Kier alpha value is -2.55. The number of benzene rings is 1. The summed E-state index contributed by atoms with van der Waals surface area (Å²) in [4.78, 5) is 11.6. The minimum Gasteiger partial charge on any atom is -0.411 e. The van der Waals surface area contributed by atoms with Crippen LogP contribution in [0.2, 0.25) is 5.02 Å². The summed E-state index contributed by atoms with van der Waals surface area (Å²) in [6, 6.07) is 6.89. The lowest BCUT2D eigenvalue weighted by molar-refractivity contribution is 0.0326. The van der Waals surface area contributed by atoms with Crippen molar-refractivity contribution in [2.75, 3.05) is 31.6 Å². The average molecular weight is 444 g/mol. The topological polar surface area (TPSA) is 82.3 Å². The monoisotopic (exact) mass is 443 g/mol. The van der Waals surface area contributed by atoms with Gasteiger partial charge in [0, 0.05) is 49.3 Å². The lowest BCUT2D eigenvalue weighted by Gasteiger charge is -2.25. The fraction of sp³-hybridized carbons (Fsp3) is 0.409. The Morgan fingerprint density at radius 3 is 3.13 bits per heavy atom. The van der Waals surface area contributed by atoms with Crippen LogP contribution in [0.3, 0.4) is 0 Å². The number of amidine groups is 1. The summed E-state index contributed by atoms with van der Waals surface area (Å²) in [6.45, 7) is 3.40. The minimum atomic E-state index is -0.475. The van der Waals surface area contributed by atoms with Gasteiger partial charge in [-0.05, 0) is 30.2 Å². The Kier molecular flexibility index (Phi) is 5.60. The molecular weight excluding hydrogens is 421 g/mol. The first-order valence-corrected chi connectivity index (χ1v) is 10.8. The van der Waals surface area contributed by atoms with E-state index in [1.165, 1.54) is 6.07 Å². The van der Waals surface area contributed by atoms with Gasteiger partial charge in [-0.1, -0.05) is 22.8 Å². The molecule has 31 heavy (non-hydrogen) atoms. The van der Waals surface area contributed by atoms with Gasteiger partial charge in [0.05, 0.1) is 30.0 Å². The average Bonchev–Trinajstić information content (AvgIpc) is 3.46. The molecule has 1 saturated carbocycles. The predicted molar refractivity (Wildman–Crippen MR) is 117 cm³/mol. The lowest BCUT2D eigenvalue weighted by Crippen LogP contribution is -2.38. The molecule has 1 aromatic carbocycles. The maximum Gasteiger partial charge on any atom is 0.141 e. The zero-order valence-electron chi connectivity index (χ0n) is 16.9. The maximum absolute atomic E-state index is 13.5. The van der Waals surface area contributed by atoms with Crippen LogP contribution >= 0.6 is 11.6 Å². The van der Waals surface area contributed by atoms with Crippen LogP contribution in [-0.2, 0) is 17.6 Å². The van der Waals surface area contributed by atoms with Gasteiger partial charge in [-0.25, -0.2) is 9.37 Å². The number of aromatic nitrogens is 1. The van der Waals surface area contributed by atoms with E-state index in [9.17, 15) is 9.60 Å². The van der Waals surface area contributed by atoms with Crippen molar-refractivity contribution in [2.24, 2.45) is 10.1 Å². The van der Waals surface area contributed by atoms with Gasteiger partial charge in [0.2, 0.25) is 0 Å². The van der Waals surface area contributed by atoms with Gasteiger partial charge in [-0.2, -0.15) is 0 Å². The molecule has 3 aliphatic rings. The van der Waals surface area contributed by atoms with E-state index in [4.69, 9.17) is 21.3 Å². The van der Waals surface area contributed by atoms with E-state index in [2.05, 4.69) is 20.4 Å². The van der Waals surface area contributed by atoms with Gasteiger partial charge >= 0.3 is 0 Å². The van der Waals surface area contributed by atoms with E-state index in [0.29, 0.717) is 37.2 Å². The standard InChI is InChI=1S/C22H23ClFN5O2/c23-16-9-13(1-2-17(16)24)10-18(28-30)14-3-4-26-22-15(14)11-21(27-22)25-5-6-29-7-8-31-20-12-19(20)29/h1-4,9,19-20,30H,5-8,10-12H2,(H,25,26,27)/b28-18+. The van der Waals surface area contributed by atoms with Crippen LogP contribution in [0.4, 0.5) is 10.2 Å². The van der Waals surface area contributed by atoms with E-state index in [-0.39, 0.29) is 5.02 Å². The van der Waals surface area contributed by atoms with Gasteiger partial charge in [0.15, 0.2) is 0 Å². The summed E-state index contributed by atoms with van der Waals surface area (Å²) in [7, 11) is 0. The number of ether oxygens (including phenoxy) is 1. The SMILES string of the molecule is O/N=C(\Cc1ccc(F)c(Cl)c1)c1ccnc2c1CC(=NCCN1CCOC3CC31)N2. The van der Waals surface area contributed by atoms with Crippen LogP contribution in [0.1, 0.15) is 23.1 Å². The van der Waals surface area contributed by atoms with E-state index in [1.807, 2.05) is 6.07 Å². The quantitative estimate of drug-likeness (QED) is 0.407. The molecule has 2 aliphatic heterocycles. The third-order valence-electron chi connectivity index (χ3n) is 6.02. The van der Waals surface area contributed by atoms with Crippen molar-refractivity contribution in [2.45, 2.75) is 31.4 Å². The summed E-state index contributed by atoms with van der Waals surface area (Å²) in [5.74, 6) is 1.11. The summed E-state index contributed by atoms with van der Waals surface area (Å²) >= 11 is 5.89. The highest BCUT2D eigenvalue weighted by molar-refractivity contribution is 6.30. The molecule has 2 aromatic rings. The van der Waals surface area contributed by atoms with Crippen molar-refractivity contribution in [1.29, 1.82) is 0 Å². The highest BCUT2D eigenvalue weighted by Gasteiger charge is 2.45. The molecule has 2 atom stereocenters. The number of anilines is 1. The van der Waals surface area contributed by atoms with Gasteiger partial charge in [0.25, 0.3) is 0 Å². The molecule has 1 aliphatic carbocycles. The highest BCUT2D eigenvalue weighted by Crippen LogP contribution is 2.34. The molecule has 0 spiro atoms. The number of aliphatic imine (C=N–C) groups is 1. The maximum atomic E-state index is 13.5. The molecule has 0 radical (unpaired) electrons. The largest absolute Gasteiger partial charge is 0.411 e. The van der Waals surface area contributed by atoms with Crippen LogP contribution in [-0.4, -0.2) is 65.0 Å². The van der Waals surface area contributed by atoms with E-state index >= 15 is 0 Å². The number of rotatable bonds is 6. The van der Waals surface area contributed by atoms with Gasteiger partial charge in [-0.15, -0.1) is 0 Å². The Morgan fingerprint density at radius 2 is 2.29 bits per heavy atom. The van der Waals surface area contributed by atoms with Gasteiger partial charge in [0.1, 0.15) is 17.5 Å². The van der Waals surface area contributed by atoms with Crippen molar-refractivity contribution in [3.63, 3.8) is 0 Å². The van der Waals surface area contributed by atoms with Crippen LogP contribution in [0, 0.1) is 5.82 Å². The number of morpholine rings is 1. The number of hydrogen-bond donors (Lipinski definition) is 2. The number of hydrogen-bond acceptors (Lipinski definition) is 6. The number of nitrogens with zero attached hydrogens (tertiary/aromatic N) is 4. The van der Waals surface area contributed by atoms with Crippen LogP contribution < -0.4 is 5.32 Å². The number of fused-ring (bicyclic) bond motifs is 2. The van der Waals surface area contributed by atoms with Gasteiger partial charge < -0.3 is 15.3 Å². The van der Waals surface area contributed by atoms with Crippen LogP contribution in [0.15, 0.2) is 40.6 Å². The van der Waals surface area contributed by atoms with E-state index < -0.39 is 5.82 Å². The second-order valence-corrected chi connectivity index (χ2v) is 8.44. The molecule has 3 heterocycles. The first kappa shape index (κ1) is 20.4.